The highest BCUT2D eigenvalue weighted by Crippen LogP contribution is 2.27. The number of rotatable bonds is 1. The van der Waals surface area contributed by atoms with E-state index in [1.807, 2.05) is 0 Å². The summed E-state index contributed by atoms with van der Waals surface area (Å²) in [6, 6.07) is 0. The molecule has 1 saturated heterocycles. The zero-order valence-corrected chi connectivity index (χ0v) is 6.85. The molecule has 2 N–H and O–H groups in total. The number of aliphatic hydroxyl groups is 1. The van der Waals surface area contributed by atoms with Gasteiger partial charge in [-0.3, -0.25) is 0 Å². The molecule has 1 unspecified atom stereocenters. The van der Waals surface area contributed by atoms with E-state index in [0.29, 0.717) is 17.9 Å². The molecule has 0 aliphatic carbocycles. The minimum atomic E-state index is 0.330. The van der Waals surface area contributed by atoms with Crippen molar-refractivity contribution in [3.8, 4) is 0 Å². The Labute approximate surface area is 62.6 Å². The van der Waals surface area contributed by atoms with Crippen molar-refractivity contribution >= 4 is 0 Å². The van der Waals surface area contributed by atoms with Crippen LogP contribution in [0.25, 0.3) is 0 Å². The Morgan fingerprint density at radius 1 is 1.60 bits per heavy atom. The van der Waals surface area contributed by atoms with E-state index in [9.17, 15) is 0 Å². The number of aliphatic hydroxyl groups excluding tert-OH is 1. The first-order valence-corrected chi connectivity index (χ1v) is 3.96. The fourth-order valence-electron chi connectivity index (χ4n) is 1.67. The van der Waals surface area contributed by atoms with Crippen molar-refractivity contribution in [3.05, 3.63) is 0 Å². The van der Waals surface area contributed by atoms with Crippen LogP contribution in [0.5, 0.6) is 0 Å². The molecular weight excluding hydrogens is 126 g/mol. The fourth-order valence-corrected chi connectivity index (χ4v) is 1.67. The van der Waals surface area contributed by atoms with Gasteiger partial charge in [-0.25, -0.2) is 0 Å². The summed E-state index contributed by atoms with van der Waals surface area (Å²) in [6.45, 7) is 6.88. The lowest BCUT2D eigenvalue weighted by Crippen LogP contribution is -2.42. The Morgan fingerprint density at radius 3 is 2.70 bits per heavy atom. The van der Waals surface area contributed by atoms with Gasteiger partial charge in [-0.15, -0.1) is 0 Å². The molecule has 1 rings (SSSR count). The highest BCUT2D eigenvalue weighted by molar-refractivity contribution is 4.81. The lowest BCUT2D eigenvalue weighted by molar-refractivity contribution is 0.133. The third kappa shape index (κ3) is 1.96. The van der Waals surface area contributed by atoms with Crippen LogP contribution in [-0.2, 0) is 0 Å². The molecule has 1 fully saturated rings. The quantitative estimate of drug-likeness (QED) is 0.564. The van der Waals surface area contributed by atoms with Crippen LogP contribution in [0.15, 0.2) is 0 Å². The van der Waals surface area contributed by atoms with E-state index < -0.39 is 0 Å². The van der Waals surface area contributed by atoms with Crippen molar-refractivity contribution in [2.24, 2.45) is 11.3 Å². The second kappa shape index (κ2) is 2.89. The normalized spacial score (nSPS) is 32.1. The first kappa shape index (κ1) is 8.02. The van der Waals surface area contributed by atoms with Gasteiger partial charge >= 0.3 is 0 Å². The molecule has 2 heteroatoms. The van der Waals surface area contributed by atoms with Crippen LogP contribution < -0.4 is 5.32 Å². The lowest BCUT2D eigenvalue weighted by atomic mass is 9.80. The Morgan fingerprint density at radius 2 is 2.30 bits per heavy atom. The average molecular weight is 143 g/mol. The average Bonchev–Trinajstić information content (AvgIpc) is 1.86. The monoisotopic (exact) mass is 143 g/mol. The molecule has 0 saturated carbocycles. The molecule has 0 aromatic carbocycles. The predicted molar refractivity (Wildman–Crippen MR) is 41.8 cm³/mol. The van der Waals surface area contributed by atoms with Gasteiger partial charge in [-0.05, 0) is 17.8 Å². The molecule has 0 aromatic heterocycles. The van der Waals surface area contributed by atoms with Gasteiger partial charge in [0.2, 0.25) is 0 Å². The molecule has 0 amide bonds. The Hall–Kier alpha value is -0.0800. The van der Waals surface area contributed by atoms with Crippen LogP contribution in [0.4, 0.5) is 0 Å². The Balaban J connectivity index is 2.40. The predicted octanol–water partition coefficient (Wildman–Crippen LogP) is 0.614. The molecule has 0 bridgehead atoms. The SMILES string of the molecule is CC1(C)CNCC(CO)C1. The highest BCUT2D eigenvalue weighted by Gasteiger charge is 2.26. The number of hydrogen-bond acceptors (Lipinski definition) is 2. The summed E-state index contributed by atoms with van der Waals surface area (Å²) >= 11 is 0. The van der Waals surface area contributed by atoms with E-state index in [1.165, 1.54) is 0 Å². The molecule has 10 heavy (non-hydrogen) atoms. The first-order chi connectivity index (χ1) is 4.64. The third-order valence-corrected chi connectivity index (χ3v) is 2.14. The summed E-state index contributed by atoms with van der Waals surface area (Å²) in [5.41, 5.74) is 0.381. The zero-order chi connectivity index (χ0) is 7.61. The molecule has 1 aliphatic heterocycles. The van der Waals surface area contributed by atoms with E-state index in [2.05, 4.69) is 19.2 Å². The maximum atomic E-state index is 8.88. The zero-order valence-electron chi connectivity index (χ0n) is 6.85. The van der Waals surface area contributed by atoms with Crippen LogP contribution in [0, 0.1) is 11.3 Å². The van der Waals surface area contributed by atoms with Crippen LogP contribution >= 0.6 is 0 Å². The summed E-state index contributed by atoms with van der Waals surface area (Å²) in [7, 11) is 0. The van der Waals surface area contributed by atoms with Gasteiger partial charge in [0.05, 0.1) is 0 Å². The number of hydrogen-bond donors (Lipinski definition) is 2. The van der Waals surface area contributed by atoms with Crippen LogP contribution in [0.1, 0.15) is 20.3 Å². The van der Waals surface area contributed by atoms with Crippen molar-refractivity contribution in [2.75, 3.05) is 19.7 Å². The van der Waals surface area contributed by atoms with E-state index in [1.54, 1.807) is 0 Å². The molecule has 60 valence electrons. The Kier molecular flexibility index (Phi) is 2.32. The summed E-state index contributed by atoms with van der Waals surface area (Å²) in [4.78, 5) is 0. The molecule has 2 nitrogen and oxygen atoms in total. The lowest BCUT2D eigenvalue weighted by Gasteiger charge is -2.34. The summed E-state index contributed by atoms with van der Waals surface area (Å²) in [6.07, 6.45) is 1.15. The highest BCUT2D eigenvalue weighted by atomic mass is 16.3. The third-order valence-electron chi connectivity index (χ3n) is 2.14. The van der Waals surface area contributed by atoms with Gasteiger partial charge in [0.1, 0.15) is 0 Å². The van der Waals surface area contributed by atoms with Crippen LogP contribution in [0.3, 0.4) is 0 Å². The van der Waals surface area contributed by atoms with Crippen molar-refractivity contribution in [2.45, 2.75) is 20.3 Å². The molecule has 0 radical (unpaired) electrons. The van der Waals surface area contributed by atoms with Crippen molar-refractivity contribution in [1.29, 1.82) is 0 Å². The van der Waals surface area contributed by atoms with Gasteiger partial charge in [0.15, 0.2) is 0 Å². The second-order valence-electron chi connectivity index (χ2n) is 4.05. The fraction of sp³-hybridized carbons (Fsp3) is 1.00. The van der Waals surface area contributed by atoms with E-state index in [0.717, 1.165) is 19.5 Å². The van der Waals surface area contributed by atoms with Gasteiger partial charge < -0.3 is 10.4 Å². The Bertz CT molecular complexity index is 112. The summed E-state index contributed by atoms with van der Waals surface area (Å²) in [5.74, 6) is 0.476. The minimum Gasteiger partial charge on any atom is -0.396 e. The first-order valence-electron chi connectivity index (χ1n) is 3.96. The number of piperidine rings is 1. The van der Waals surface area contributed by atoms with Gasteiger partial charge in [0.25, 0.3) is 0 Å². The largest absolute Gasteiger partial charge is 0.396 e. The van der Waals surface area contributed by atoms with Gasteiger partial charge in [-0.1, -0.05) is 13.8 Å². The summed E-state index contributed by atoms with van der Waals surface area (Å²) in [5, 5.41) is 12.2. The molecule has 0 aromatic rings. The molecule has 1 heterocycles. The van der Waals surface area contributed by atoms with Crippen molar-refractivity contribution < 1.29 is 5.11 Å². The standard InChI is InChI=1S/C8H17NO/c1-8(2)3-7(5-10)4-9-6-8/h7,9-10H,3-6H2,1-2H3. The smallest absolute Gasteiger partial charge is 0.0471 e. The van der Waals surface area contributed by atoms with Crippen LogP contribution in [0.2, 0.25) is 0 Å². The van der Waals surface area contributed by atoms with Crippen molar-refractivity contribution in [3.63, 3.8) is 0 Å². The number of nitrogens with one attached hydrogen (secondary N) is 1. The van der Waals surface area contributed by atoms with E-state index >= 15 is 0 Å². The van der Waals surface area contributed by atoms with Crippen molar-refractivity contribution in [1.82, 2.24) is 5.32 Å². The van der Waals surface area contributed by atoms with E-state index in [4.69, 9.17) is 5.11 Å². The molecule has 0 spiro atoms. The molecular formula is C8H17NO. The minimum absolute atomic E-state index is 0.330. The second-order valence-corrected chi connectivity index (χ2v) is 4.05. The maximum absolute atomic E-state index is 8.88. The maximum Gasteiger partial charge on any atom is 0.0471 e. The van der Waals surface area contributed by atoms with Crippen LogP contribution in [-0.4, -0.2) is 24.8 Å². The summed E-state index contributed by atoms with van der Waals surface area (Å²) < 4.78 is 0. The van der Waals surface area contributed by atoms with Gasteiger partial charge in [0, 0.05) is 19.7 Å². The topological polar surface area (TPSA) is 32.3 Å². The van der Waals surface area contributed by atoms with E-state index in [-0.39, 0.29) is 0 Å². The molecule has 1 aliphatic rings. The molecule has 1 atom stereocenters. The van der Waals surface area contributed by atoms with Gasteiger partial charge in [-0.2, -0.15) is 0 Å².